The van der Waals surface area contributed by atoms with Gasteiger partial charge in [0.05, 0.1) is 40.9 Å². The Kier molecular flexibility index (Phi) is 6.78. The Balaban J connectivity index is 1.30. The third kappa shape index (κ3) is 5.04. The molecule has 5 rings (SSSR count). The van der Waals surface area contributed by atoms with Crippen LogP contribution in [0.5, 0.6) is 5.75 Å². The Morgan fingerprint density at radius 2 is 2.05 bits per heavy atom. The number of aryl methyl sites for hydroxylation is 1. The van der Waals surface area contributed by atoms with E-state index in [1.807, 2.05) is 33.8 Å². The molecule has 2 aliphatic heterocycles. The Labute approximate surface area is 225 Å². The molecule has 4 atom stereocenters. The van der Waals surface area contributed by atoms with E-state index in [1.54, 1.807) is 22.5 Å². The zero-order chi connectivity index (χ0) is 27.5. The van der Waals surface area contributed by atoms with Gasteiger partial charge in [-0.05, 0) is 43.2 Å². The van der Waals surface area contributed by atoms with E-state index in [9.17, 15) is 24.2 Å². The number of phenolic OH excluding ortho intramolecular Hbond substituents is 1. The molecule has 0 radical (unpaired) electrons. The van der Waals surface area contributed by atoms with Gasteiger partial charge in [0.1, 0.15) is 5.75 Å². The van der Waals surface area contributed by atoms with Gasteiger partial charge in [-0.3, -0.25) is 14.5 Å². The number of phenols is 1. The van der Waals surface area contributed by atoms with Crippen molar-refractivity contribution in [3.8, 4) is 16.2 Å². The van der Waals surface area contributed by atoms with E-state index in [-0.39, 0.29) is 50.6 Å². The second kappa shape index (κ2) is 9.55. The predicted molar refractivity (Wildman–Crippen MR) is 140 cm³/mol. The number of amides is 2. The van der Waals surface area contributed by atoms with Crippen molar-refractivity contribution in [2.45, 2.75) is 83.1 Å². The number of aliphatic hydroxyl groups excluding tert-OH is 1. The van der Waals surface area contributed by atoms with Gasteiger partial charge in [0, 0.05) is 18.7 Å². The molecule has 1 aromatic carbocycles. The van der Waals surface area contributed by atoms with Crippen LogP contribution in [-0.4, -0.2) is 74.6 Å². The van der Waals surface area contributed by atoms with Crippen molar-refractivity contribution in [1.29, 1.82) is 0 Å². The van der Waals surface area contributed by atoms with Crippen LogP contribution in [0.2, 0.25) is 0 Å². The van der Waals surface area contributed by atoms with Gasteiger partial charge in [0.2, 0.25) is 5.91 Å². The predicted octanol–water partition coefficient (Wildman–Crippen LogP) is 2.64. The third-order valence-corrected chi connectivity index (χ3v) is 8.72. The first-order valence-electron chi connectivity index (χ1n) is 12.9. The molecule has 1 unspecified atom stereocenters. The molecule has 2 aromatic rings. The van der Waals surface area contributed by atoms with E-state index < -0.39 is 40.9 Å². The lowest BCUT2D eigenvalue weighted by atomic mass is 9.81. The molecule has 0 spiro atoms. The number of halogens is 1. The first-order valence-corrected chi connectivity index (χ1v) is 13.8. The van der Waals surface area contributed by atoms with Crippen LogP contribution in [0.1, 0.15) is 51.3 Å². The summed E-state index contributed by atoms with van der Waals surface area (Å²) in [5.74, 6) is -0.904. The maximum Gasteiger partial charge on any atom is 0.258 e. The number of aromatic nitrogens is 1. The van der Waals surface area contributed by atoms with Crippen LogP contribution in [0.15, 0.2) is 23.7 Å². The zero-order valence-electron chi connectivity index (χ0n) is 22.1. The van der Waals surface area contributed by atoms with Gasteiger partial charge in [0.25, 0.3) is 5.91 Å². The summed E-state index contributed by atoms with van der Waals surface area (Å²) in [6, 6.07) is 4.01. The van der Waals surface area contributed by atoms with Gasteiger partial charge < -0.3 is 25.6 Å². The van der Waals surface area contributed by atoms with E-state index in [0.29, 0.717) is 5.56 Å². The van der Waals surface area contributed by atoms with E-state index in [2.05, 4.69) is 15.6 Å². The first-order chi connectivity index (χ1) is 17.8. The minimum Gasteiger partial charge on any atom is -0.508 e. The van der Waals surface area contributed by atoms with Gasteiger partial charge in [-0.2, -0.15) is 0 Å². The molecule has 1 aliphatic carbocycles. The monoisotopic (exact) mass is 546 g/mol. The summed E-state index contributed by atoms with van der Waals surface area (Å²) in [5, 5.41) is 26.9. The van der Waals surface area contributed by atoms with Crippen molar-refractivity contribution >= 4 is 23.2 Å². The molecule has 11 heteroatoms. The fourth-order valence-corrected chi connectivity index (χ4v) is 6.19. The van der Waals surface area contributed by atoms with Crippen LogP contribution in [-0.2, 0) is 20.9 Å². The lowest BCUT2D eigenvalue weighted by Gasteiger charge is -2.42. The molecule has 2 saturated heterocycles. The average Bonchev–Trinajstić information content (AvgIpc) is 3.72. The number of aromatic hydroxyl groups is 1. The fourth-order valence-electron chi connectivity index (χ4n) is 5.39. The lowest BCUT2D eigenvalue weighted by molar-refractivity contribution is -0.133. The number of β-amino-alcohol motifs (C(OH)–C–C–N with tert-alkyl or cyclic N) is 1. The third-order valence-electron chi connectivity index (χ3n) is 7.74. The highest BCUT2D eigenvalue weighted by molar-refractivity contribution is 7.13. The van der Waals surface area contributed by atoms with Gasteiger partial charge in [-0.25, -0.2) is 9.37 Å². The molecule has 1 aromatic heterocycles. The molecule has 1 saturated carbocycles. The van der Waals surface area contributed by atoms with E-state index in [0.717, 1.165) is 16.1 Å². The van der Waals surface area contributed by atoms with Crippen molar-refractivity contribution in [3.63, 3.8) is 0 Å². The second-order valence-electron chi connectivity index (χ2n) is 11.8. The van der Waals surface area contributed by atoms with Crippen LogP contribution >= 0.6 is 11.3 Å². The zero-order valence-corrected chi connectivity index (χ0v) is 22.9. The van der Waals surface area contributed by atoms with E-state index in [1.165, 1.54) is 11.3 Å². The summed E-state index contributed by atoms with van der Waals surface area (Å²) in [4.78, 5) is 33.0. The van der Waals surface area contributed by atoms with Crippen LogP contribution < -0.4 is 10.6 Å². The van der Waals surface area contributed by atoms with Crippen LogP contribution in [0, 0.1) is 12.3 Å². The highest BCUT2D eigenvalue weighted by Crippen LogP contribution is 2.47. The summed E-state index contributed by atoms with van der Waals surface area (Å²) in [5.41, 5.74) is 0.694. The molecule has 3 fully saturated rings. The minimum absolute atomic E-state index is 0.0663. The minimum atomic E-state index is -1.84. The van der Waals surface area contributed by atoms with Crippen molar-refractivity contribution < 1.29 is 28.9 Å². The number of rotatable bonds is 8. The largest absolute Gasteiger partial charge is 0.508 e. The maximum absolute atomic E-state index is 14.5. The van der Waals surface area contributed by atoms with Gasteiger partial charge in [0.15, 0.2) is 11.4 Å². The van der Waals surface area contributed by atoms with E-state index >= 15 is 0 Å². The highest BCUT2D eigenvalue weighted by Gasteiger charge is 2.65. The number of nitrogens with zero attached hydrogens (tertiary/aromatic N) is 2. The number of benzene rings is 1. The average molecular weight is 547 g/mol. The fraction of sp³-hybridized carbons (Fsp3) is 0.593. The lowest BCUT2D eigenvalue weighted by Crippen LogP contribution is -2.63. The number of hydrogen-bond acceptors (Lipinski definition) is 8. The molecule has 2 amide bonds. The second-order valence-corrected chi connectivity index (χ2v) is 12.6. The van der Waals surface area contributed by atoms with Gasteiger partial charge in [-0.15, -0.1) is 11.3 Å². The smallest absolute Gasteiger partial charge is 0.258 e. The summed E-state index contributed by atoms with van der Waals surface area (Å²) in [6.45, 7) is 8.25. The van der Waals surface area contributed by atoms with Crippen molar-refractivity contribution in [2.75, 3.05) is 13.2 Å². The molecule has 206 valence electrons. The molecule has 9 nitrogen and oxygen atoms in total. The number of thiazole rings is 1. The number of aliphatic hydroxyl groups is 1. The number of nitrogens with one attached hydrogen (secondary N) is 2. The Morgan fingerprint density at radius 3 is 2.61 bits per heavy atom. The maximum atomic E-state index is 14.5. The number of alkyl halides is 1. The summed E-state index contributed by atoms with van der Waals surface area (Å²) >= 11 is 1.49. The molecular weight excluding hydrogens is 511 g/mol. The summed E-state index contributed by atoms with van der Waals surface area (Å²) in [7, 11) is 0. The van der Waals surface area contributed by atoms with Crippen molar-refractivity contribution in [1.82, 2.24) is 20.5 Å². The van der Waals surface area contributed by atoms with Crippen molar-refractivity contribution in [3.05, 3.63) is 35.0 Å². The first kappa shape index (κ1) is 27.0. The molecule has 4 N–H and O–H groups in total. The van der Waals surface area contributed by atoms with Gasteiger partial charge >= 0.3 is 0 Å². The quantitative estimate of drug-likeness (QED) is 0.375. The number of epoxide rings is 1. The SMILES string of the molecule is Cc1ncsc1-c1ccc(CNC(=O)[C@@H]2C[C@@H](O)CN2C2([C@@H](NC(=O)C3(F)CC3)C(C)(C)C)CO2)c(O)c1. The number of likely N-dealkylation sites (tertiary alicyclic amines) is 1. The number of hydrogen-bond donors (Lipinski definition) is 4. The number of carbonyl (C=O) groups is 2. The molecule has 3 aliphatic rings. The normalized spacial score (nSPS) is 27.1. The van der Waals surface area contributed by atoms with E-state index in [4.69, 9.17) is 4.74 Å². The Hall–Kier alpha value is -2.60. The topological polar surface area (TPSA) is 127 Å². The summed E-state index contributed by atoms with van der Waals surface area (Å²) < 4.78 is 20.4. The van der Waals surface area contributed by atoms with Crippen LogP contribution in [0.3, 0.4) is 0 Å². The molecule has 38 heavy (non-hydrogen) atoms. The molecule has 0 bridgehead atoms. The van der Waals surface area contributed by atoms with Gasteiger partial charge in [-0.1, -0.05) is 32.9 Å². The highest BCUT2D eigenvalue weighted by atomic mass is 32.1. The van der Waals surface area contributed by atoms with Crippen molar-refractivity contribution in [2.24, 2.45) is 5.41 Å². The number of ether oxygens (including phenoxy) is 1. The Bertz CT molecular complexity index is 1240. The number of carbonyl (C=O) groups excluding carboxylic acids is 2. The van der Waals surface area contributed by atoms with Crippen LogP contribution in [0.4, 0.5) is 4.39 Å². The summed E-state index contributed by atoms with van der Waals surface area (Å²) in [6.07, 6.45) is -0.150. The Morgan fingerprint density at radius 1 is 1.34 bits per heavy atom. The molecular formula is C27H35FN4O5S. The van der Waals surface area contributed by atoms with Crippen LogP contribution in [0.25, 0.3) is 10.4 Å². The standard InChI is InChI=1S/C27H35FN4O5S/c1-15-21(38-14-30-15)16-5-6-17(20(34)9-16)11-29-22(35)19-10-18(33)12-32(19)27(13-37-27)23(25(2,3)4)31-24(36)26(28)7-8-26/h5-6,9,14,18-19,23,33-34H,7-8,10-13H2,1-4H3,(H,29,35)(H,31,36)/t18-,19+,23+,27?/m1/s1. The molecule has 3 heterocycles.